The standard InChI is InChI=1S/C6H12N2.C2H6/c1-3-6(2)8-5-4-7;1-2/h4-5H,3,7H2,1-2H3;1-2H3/b5-4-,8-6?;. The van der Waals surface area contributed by atoms with Crippen molar-refractivity contribution < 1.29 is 0 Å². The number of aliphatic imine (C=N–C) groups is 1. The molecule has 0 aliphatic carbocycles. The van der Waals surface area contributed by atoms with Crippen LogP contribution < -0.4 is 5.73 Å². The van der Waals surface area contributed by atoms with Crippen molar-refractivity contribution in [3.05, 3.63) is 12.4 Å². The summed E-state index contributed by atoms with van der Waals surface area (Å²) < 4.78 is 0. The highest BCUT2D eigenvalue weighted by Gasteiger charge is 1.77. The Morgan fingerprint density at radius 1 is 1.50 bits per heavy atom. The summed E-state index contributed by atoms with van der Waals surface area (Å²) in [5, 5.41) is 0. The first-order valence-corrected chi connectivity index (χ1v) is 3.71. The fourth-order valence-corrected chi connectivity index (χ4v) is 0.262. The number of nitrogens with two attached hydrogens (primary N) is 1. The van der Waals surface area contributed by atoms with E-state index in [9.17, 15) is 0 Å². The van der Waals surface area contributed by atoms with Gasteiger partial charge in [0.05, 0.1) is 0 Å². The van der Waals surface area contributed by atoms with Crippen molar-refractivity contribution in [2.75, 3.05) is 0 Å². The molecule has 2 heteroatoms. The molecule has 0 amide bonds. The molecule has 0 spiro atoms. The Hall–Kier alpha value is -0.790. The minimum Gasteiger partial charge on any atom is -0.403 e. The van der Waals surface area contributed by atoms with Gasteiger partial charge in [0.1, 0.15) is 0 Å². The van der Waals surface area contributed by atoms with Gasteiger partial charge < -0.3 is 5.73 Å². The third-order valence-corrected chi connectivity index (χ3v) is 0.893. The zero-order chi connectivity index (χ0) is 8.41. The number of rotatable bonds is 2. The van der Waals surface area contributed by atoms with Crippen molar-refractivity contribution in [2.45, 2.75) is 34.1 Å². The van der Waals surface area contributed by atoms with Gasteiger partial charge in [-0.2, -0.15) is 0 Å². The quantitative estimate of drug-likeness (QED) is 0.590. The van der Waals surface area contributed by atoms with Crippen LogP contribution in [0.2, 0.25) is 0 Å². The molecule has 2 nitrogen and oxygen atoms in total. The van der Waals surface area contributed by atoms with Gasteiger partial charge in [0.2, 0.25) is 0 Å². The topological polar surface area (TPSA) is 38.4 Å². The predicted octanol–water partition coefficient (Wildman–Crippen LogP) is 2.31. The lowest BCUT2D eigenvalue weighted by molar-refractivity contribution is 1.25. The summed E-state index contributed by atoms with van der Waals surface area (Å²) in [6.07, 6.45) is 4.02. The first-order valence-electron chi connectivity index (χ1n) is 3.71. The second-order valence-electron chi connectivity index (χ2n) is 1.56. The highest BCUT2D eigenvalue weighted by atomic mass is 14.7. The Morgan fingerprint density at radius 2 is 2.00 bits per heavy atom. The smallest absolute Gasteiger partial charge is 0.0421 e. The lowest BCUT2D eigenvalue weighted by atomic mass is 10.3. The van der Waals surface area contributed by atoms with Crippen LogP contribution >= 0.6 is 0 Å². The molecular formula is C8H18N2. The van der Waals surface area contributed by atoms with Gasteiger partial charge in [-0.15, -0.1) is 0 Å². The van der Waals surface area contributed by atoms with Crippen molar-refractivity contribution >= 4 is 5.71 Å². The summed E-state index contributed by atoms with van der Waals surface area (Å²) in [6.45, 7) is 8.03. The van der Waals surface area contributed by atoms with Crippen LogP contribution in [0.5, 0.6) is 0 Å². The molecule has 0 heterocycles. The van der Waals surface area contributed by atoms with Crippen LogP contribution in [-0.4, -0.2) is 5.71 Å². The van der Waals surface area contributed by atoms with Gasteiger partial charge in [-0.25, -0.2) is 0 Å². The Morgan fingerprint density at radius 3 is 2.30 bits per heavy atom. The summed E-state index contributed by atoms with van der Waals surface area (Å²) in [5.74, 6) is 0. The third-order valence-electron chi connectivity index (χ3n) is 0.893. The summed E-state index contributed by atoms with van der Waals surface area (Å²) in [7, 11) is 0. The fraction of sp³-hybridized carbons (Fsp3) is 0.625. The highest BCUT2D eigenvalue weighted by Crippen LogP contribution is 1.83. The van der Waals surface area contributed by atoms with E-state index < -0.39 is 0 Å². The molecule has 0 saturated heterocycles. The van der Waals surface area contributed by atoms with Gasteiger partial charge in [0, 0.05) is 18.1 Å². The molecule has 0 rings (SSSR count). The normalized spacial score (nSPS) is 11.0. The largest absolute Gasteiger partial charge is 0.403 e. The van der Waals surface area contributed by atoms with Gasteiger partial charge in [-0.3, -0.25) is 4.99 Å². The SMILES string of the molecule is CC.CCC(C)=N/C=C\N. The molecule has 0 fully saturated rings. The van der Waals surface area contributed by atoms with E-state index in [0.717, 1.165) is 12.1 Å². The Bertz CT molecular complexity index is 104. The monoisotopic (exact) mass is 142 g/mol. The molecule has 0 aromatic carbocycles. The van der Waals surface area contributed by atoms with E-state index in [-0.39, 0.29) is 0 Å². The summed E-state index contributed by atoms with van der Waals surface area (Å²) >= 11 is 0. The summed E-state index contributed by atoms with van der Waals surface area (Å²) in [6, 6.07) is 0. The van der Waals surface area contributed by atoms with E-state index in [1.165, 1.54) is 6.20 Å². The Labute approximate surface area is 63.8 Å². The first-order chi connectivity index (χ1) is 4.81. The van der Waals surface area contributed by atoms with Crippen LogP contribution in [0.25, 0.3) is 0 Å². The average Bonchev–Trinajstić information content (AvgIpc) is 2.04. The maximum Gasteiger partial charge on any atom is 0.0421 e. The zero-order valence-electron chi connectivity index (χ0n) is 7.39. The maximum atomic E-state index is 5.04. The third kappa shape index (κ3) is 10.2. The van der Waals surface area contributed by atoms with Crippen molar-refractivity contribution in [2.24, 2.45) is 10.7 Å². The molecule has 0 aliphatic heterocycles. The molecule has 0 aromatic rings. The second kappa shape index (κ2) is 11.1. The average molecular weight is 142 g/mol. The molecule has 60 valence electrons. The molecule has 0 aromatic heterocycles. The van der Waals surface area contributed by atoms with Crippen LogP contribution in [-0.2, 0) is 0 Å². The van der Waals surface area contributed by atoms with E-state index in [2.05, 4.69) is 11.9 Å². The minimum atomic E-state index is 0.990. The van der Waals surface area contributed by atoms with E-state index in [4.69, 9.17) is 5.73 Å². The molecule has 0 unspecified atom stereocenters. The van der Waals surface area contributed by atoms with Gasteiger partial charge in [0.25, 0.3) is 0 Å². The molecule has 0 radical (unpaired) electrons. The van der Waals surface area contributed by atoms with Gasteiger partial charge in [-0.1, -0.05) is 20.8 Å². The van der Waals surface area contributed by atoms with E-state index in [1.54, 1.807) is 6.20 Å². The van der Waals surface area contributed by atoms with Crippen molar-refractivity contribution in [3.8, 4) is 0 Å². The van der Waals surface area contributed by atoms with E-state index in [0.29, 0.717) is 0 Å². The van der Waals surface area contributed by atoms with E-state index in [1.807, 2.05) is 20.8 Å². The Balaban J connectivity index is 0. The van der Waals surface area contributed by atoms with Crippen LogP contribution in [0.4, 0.5) is 0 Å². The molecule has 10 heavy (non-hydrogen) atoms. The fourth-order valence-electron chi connectivity index (χ4n) is 0.262. The number of hydrogen-bond donors (Lipinski definition) is 1. The van der Waals surface area contributed by atoms with Gasteiger partial charge in [0.15, 0.2) is 0 Å². The van der Waals surface area contributed by atoms with Crippen LogP contribution in [0.3, 0.4) is 0 Å². The van der Waals surface area contributed by atoms with Crippen LogP contribution in [0, 0.1) is 0 Å². The minimum absolute atomic E-state index is 0.990. The predicted molar refractivity (Wildman–Crippen MR) is 48.1 cm³/mol. The van der Waals surface area contributed by atoms with Crippen LogP contribution in [0.1, 0.15) is 34.1 Å². The molecular weight excluding hydrogens is 124 g/mol. The maximum absolute atomic E-state index is 5.04. The zero-order valence-corrected chi connectivity index (χ0v) is 7.39. The van der Waals surface area contributed by atoms with Gasteiger partial charge in [-0.05, 0) is 13.3 Å². The summed E-state index contributed by atoms with van der Waals surface area (Å²) in [4.78, 5) is 3.97. The molecule has 0 bridgehead atoms. The lowest BCUT2D eigenvalue weighted by Crippen LogP contribution is -1.84. The molecule has 0 aliphatic rings. The highest BCUT2D eigenvalue weighted by molar-refractivity contribution is 5.82. The van der Waals surface area contributed by atoms with Crippen LogP contribution in [0.15, 0.2) is 17.4 Å². The van der Waals surface area contributed by atoms with Crippen molar-refractivity contribution in [1.82, 2.24) is 0 Å². The lowest BCUT2D eigenvalue weighted by Gasteiger charge is -1.86. The molecule has 0 saturated carbocycles. The van der Waals surface area contributed by atoms with Crippen molar-refractivity contribution in [1.29, 1.82) is 0 Å². The molecule has 0 atom stereocenters. The number of nitrogens with zero attached hydrogens (tertiary/aromatic N) is 1. The van der Waals surface area contributed by atoms with Gasteiger partial charge >= 0.3 is 0 Å². The molecule has 2 N–H and O–H groups in total. The van der Waals surface area contributed by atoms with Crippen molar-refractivity contribution in [3.63, 3.8) is 0 Å². The Kier molecular flexibility index (Phi) is 13.2. The second-order valence-corrected chi connectivity index (χ2v) is 1.56. The summed E-state index contributed by atoms with van der Waals surface area (Å²) in [5.41, 5.74) is 6.15. The first kappa shape index (κ1) is 11.9. The van der Waals surface area contributed by atoms with E-state index >= 15 is 0 Å². The number of hydrogen-bond acceptors (Lipinski definition) is 2.